The Bertz CT molecular complexity index is 423. The largest absolute Gasteiger partial charge is 0.481 e. The van der Waals surface area contributed by atoms with Gasteiger partial charge in [0, 0.05) is 5.92 Å². The molecule has 0 aromatic rings. The zero-order valence-corrected chi connectivity index (χ0v) is 9.42. The van der Waals surface area contributed by atoms with Gasteiger partial charge >= 0.3 is 11.9 Å². The fourth-order valence-corrected chi connectivity index (χ4v) is 3.29. The van der Waals surface area contributed by atoms with Gasteiger partial charge in [0.15, 0.2) is 0 Å². The van der Waals surface area contributed by atoms with Crippen LogP contribution in [0.4, 0.5) is 0 Å². The third kappa shape index (κ3) is 1.85. The van der Waals surface area contributed by atoms with Gasteiger partial charge < -0.3 is 10.2 Å². The zero-order chi connectivity index (χ0) is 12.7. The van der Waals surface area contributed by atoms with Crippen molar-refractivity contribution in [3.8, 4) is 0 Å². The highest BCUT2D eigenvalue weighted by atomic mass is 16.4. The number of ketones is 1. The molecule has 0 aromatic heterocycles. The fraction of sp³-hybridized carbons (Fsp3) is 0.583. The Morgan fingerprint density at radius 3 is 2.41 bits per heavy atom. The second-order valence-corrected chi connectivity index (χ2v) is 4.82. The van der Waals surface area contributed by atoms with Gasteiger partial charge in [-0.1, -0.05) is 11.6 Å². The molecule has 0 radical (unpaired) electrons. The van der Waals surface area contributed by atoms with E-state index in [-0.39, 0.29) is 24.0 Å². The molecular weight excluding hydrogens is 224 g/mol. The van der Waals surface area contributed by atoms with Gasteiger partial charge in [0.05, 0.1) is 12.3 Å². The van der Waals surface area contributed by atoms with Crippen LogP contribution in [0.15, 0.2) is 11.6 Å². The van der Waals surface area contributed by atoms with Crippen molar-refractivity contribution in [2.24, 2.45) is 23.7 Å². The van der Waals surface area contributed by atoms with Gasteiger partial charge in [-0.05, 0) is 25.2 Å². The number of carboxylic acids is 2. The molecule has 2 bridgehead atoms. The number of Topliss-reactive ketones (excluding diaryl/α,β-unsaturated/α-hetero) is 1. The van der Waals surface area contributed by atoms with Crippen molar-refractivity contribution < 1.29 is 24.6 Å². The van der Waals surface area contributed by atoms with Gasteiger partial charge in [-0.3, -0.25) is 14.4 Å². The van der Waals surface area contributed by atoms with Crippen LogP contribution in [-0.4, -0.2) is 27.9 Å². The van der Waals surface area contributed by atoms with Gasteiger partial charge in [0.2, 0.25) is 0 Å². The normalized spacial score (nSPS) is 34.5. The monoisotopic (exact) mass is 238 g/mol. The molecule has 0 aliphatic heterocycles. The van der Waals surface area contributed by atoms with Crippen molar-refractivity contribution in [2.45, 2.75) is 19.8 Å². The predicted octanol–water partition coefficient (Wildman–Crippen LogP) is 0.943. The van der Waals surface area contributed by atoms with E-state index in [2.05, 4.69) is 0 Å². The minimum Gasteiger partial charge on any atom is -0.481 e. The topological polar surface area (TPSA) is 91.7 Å². The second-order valence-electron chi connectivity index (χ2n) is 4.82. The number of carboxylic acid groups (broad SMARTS) is 2. The van der Waals surface area contributed by atoms with Crippen LogP contribution in [0, 0.1) is 23.7 Å². The molecular formula is C12H14O5. The zero-order valence-electron chi connectivity index (χ0n) is 9.42. The number of hydrogen-bond donors (Lipinski definition) is 2. The molecule has 0 aromatic carbocycles. The minimum absolute atomic E-state index is 0.0860. The lowest BCUT2D eigenvalue weighted by Gasteiger charge is -2.25. The van der Waals surface area contributed by atoms with Crippen molar-refractivity contribution in [1.29, 1.82) is 0 Å². The summed E-state index contributed by atoms with van der Waals surface area (Å²) in [5, 5.41) is 17.9. The van der Waals surface area contributed by atoms with Crippen LogP contribution in [0.2, 0.25) is 0 Å². The quantitative estimate of drug-likeness (QED) is 0.711. The lowest BCUT2D eigenvalue weighted by Crippen LogP contribution is -2.33. The minimum atomic E-state index is -0.955. The lowest BCUT2D eigenvalue weighted by atomic mass is 9.76. The fourth-order valence-electron chi connectivity index (χ4n) is 3.29. The van der Waals surface area contributed by atoms with Gasteiger partial charge in [0.1, 0.15) is 5.78 Å². The molecule has 5 heteroatoms. The summed E-state index contributed by atoms with van der Waals surface area (Å²) >= 11 is 0. The van der Waals surface area contributed by atoms with Gasteiger partial charge in [-0.2, -0.15) is 0 Å². The van der Waals surface area contributed by atoms with Gasteiger partial charge in [-0.25, -0.2) is 0 Å². The van der Waals surface area contributed by atoms with Crippen molar-refractivity contribution in [3.05, 3.63) is 11.6 Å². The second kappa shape index (κ2) is 3.98. The first-order valence-corrected chi connectivity index (χ1v) is 5.57. The molecule has 1 fully saturated rings. The summed E-state index contributed by atoms with van der Waals surface area (Å²) in [4.78, 5) is 33.4. The molecule has 2 rings (SSSR count). The van der Waals surface area contributed by atoms with E-state index in [1.54, 1.807) is 6.08 Å². The molecule has 2 aliphatic carbocycles. The van der Waals surface area contributed by atoms with E-state index >= 15 is 0 Å². The van der Waals surface area contributed by atoms with Gasteiger partial charge in [0.25, 0.3) is 0 Å². The highest BCUT2D eigenvalue weighted by molar-refractivity contribution is 5.87. The molecule has 4 atom stereocenters. The maximum Gasteiger partial charge on any atom is 0.307 e. The van der Waals surface area contributed by atoms with Crippen LogP contribution >= 0.6 is 0 Å². The summed E-state index contributed by atoms with van der Waals surface area (Å²) in [6.45, 7) is 1.39. The van der Waals surface area contributed by atoms with E-state index in [9.17, 15) is 14.4 Å². The summed E-state index contributed by atoms with van der Waals surface area (Å²) in [7, 11) is 0. The lowest BCUT2D eigenvalue weighted by molar-refractivity contribution is -0.147. The third-order valence-corrected chi connectivity index (χ3v) is 3.82. The molecule has 17 heavy (non-hydrogen) atoms. The summed E-state index contributed by atoms with van der Waals surface area (Å²) in [6.07, 6.45) is 2.26. The molecule has 0 amide bonds. The Morgan fingerprint density at radius 1 is 1.29 bits per heavy atom. The van der Waals surface area contributed by atoms with Gasteiger partial charge in [-0.15, -0.1) is 0 Å². The number of hydrogen-bond acceptors (Lipinski definition) is 3. The van der Waals surface area contributed by atoms with Crippen LogP contribution in [-0.2, 0) is 14.4 Å². The Kier molecular flexibility index (Phi) is 2.77. The van der Waals surface area contributed by atoms with Crippen LogP contribution in [0.25, 0.3) is 0 Å². The van der Waals surface area contributed by atoms with E-state index in [0.717, 1.165) is 5.57 Å². The summed E-state index contributed by atoms with van der Waals surface area (Å²) in [5.74, 6) is -3.62. The maximum absolute atomic E-state index is 11.5. The summed E-state index contributed by atoms with van der Waals surface area (Å²) in [5.41, 5.74) is 0.722. The molecule has 0 heterocycles. The molecule has 1 saturated carbocycles. The molecule has 2 aliphatic rings. The van der Waals surface area contributed by atoms with Crippen LogP contribution < -0.4 is 0 Å². The number of carbonyl (C=O) groups excluding carboxylic acids is 1. The summed E-state index contributed by atoms with van der Waals surface area (Å²) in [6, 6.07) is 0. The van der Waals surface area contributed by atoms with E-state index in [1.807, 2.05) is 0 Å². The van der Waals surface area contributed by atoms with Crippen LogP contribution in [0.5, 0.6) is 0 Å². The van der Waals surface area contributed by atoms with Crippen molar-refractivity contribution >= 4 is 17.7 Å². The summed E-state index contributed by atoms with van der Waals surface area (Å²) < 4.78 is 0. The molecule has 2 N–H and O–H groups in total. The molecule has 5 nitrogen and oxygen atoms in total. The Hall–Kier alpha value is -1.65. The smallest absolute Gasteiger partial charge is 0.307 e. The average Bonchev–Trinajstić information content (AvgIpc) is 2.71. The van der Waals surface area contributed by atoms with Crippen LogP contribution in [0.3, 0.4) is 0 Å². The first kappa shape index (κ1) is 11.8. The number of aliphatic carboxylic acids is 2. The highest BCUT2D eigenvalue weighted by Crippen LogP contribution is 2.52. The SMILES string of the molecule is CC(=O)C1C2CC(C=C2CC(=O)O)C1C(=O)O. The number of fused-ring (bicyclic) bond motifs is 2. The van der Waals surface area contributed by atoms with E-state index in [4.69, 9.17) is 10.2 Å². The highest BCUT2D eigenvalue weighted by Gasteiger charge is 2.53. The van der Waals surface area contributed by atoms with Crippen molar-refractivity contribution in [1.82, 2.24) is 0 Å². The predicted molar refractivity (Wildman–Crippen MR) is 57.2 cm³/mol. The Labute approximate surface area is 98.1 Å². The first-order chi connectivity index (χ1) is 7.91. The Morgan fingerprint density at radius 2 is 1.94 bits per heavy atom. The van der Waals surface area contributed by atoms with E-state index in [0.29, 0.717) is 6.42 Å². The van der Waals surface area contributed by atoms with Crippen molar-refractivity contribution in [3.63, 3.8) is 0 Å². The Balaban J connectivity index is 2.28. The van der Waals surface area contributed by atoms with E-state index in [1.165, 1.54) is 6.92 Å². The molecule has 0 spiro atoms. The first-order valence-electron chi connectivity index (χ1n) is 5.57. The molecule has 4 unspecified atom stereocenters. The van der Waals surface area contributed by atoms with E-state index < -0.39 is 23.8 Å². The number of allylic oxidation sites excluding steroid dienone is 1. The molecule has 92 valence electrons. The molecule has 0 saturated heterocycles. The third-order valence-electron chi connectivity index (χ3n) is 3.82. The number of carbonyl (C=O) groups is 3. The van der Waals surface area contributed by atoms with Crippen LogP contribution in [0.1, 0.15) is 19.8 Å². The number of rotatable bonds is 4. The standard InChI is InChI=1S/C12H14O5/c1-5(13)10-8-3-7(11(10)12(16)17)2-6(8)4-9(14)15/h2,7-8,10-11H,3-4H2,1H3,(H,14,15)(H,16,17). The van der Waals surface area contributed by atoms with Crippen molar-refractivity contribution in [2.75, 3.05) is 0 Å². The maximum atomic E-state index is 11.5. The average molecular weight is 238 g/mol.